The van der Waals surface area contributed by atoms with Gasteiger partial charge in [-0.15, -0.1) is 0 Å². The topological polar surface area (TPSA) is 12.0 Å². The zero-order chi connectivity index (χ0) is 13.0. The lowest BCUT2D eigenvalue weighted by Crippen LogP contribution is -2.11. The molecule has 0 saturated heterocycles. The van der Waals surface area contributed by atoms with E-state index in [1.165, 1.54) is 16.7 Å². The number of nitrogens with one attached hydrogen (secondary N) is 1. The SMILES string of the molecule is CCNCc1ccc(C)c(-c2ccccc2Cl)c1. The average Bonchev–Trinajstić information content (AvgIpc) is 2.39. The van der Waals surface area contributed by atoms with Gasteiger partial charge in [-0.25, -0.2) is 0 Å². The van der Waals surface area contributed by atoms with E-state index in [0.717, 1.165) is 23.7 Å². The van der Waals surface area contributed by atoms with E-state index in [0.29, 0.717) is 0 Å². The molecule has 1 nitrogen and oxygen atoms in total. The number of benzene rings is 2. The first kappa shape index (κ1) is 13.1. The maximum absolute atomic E-state index is 6.27. The lowest BCUT2D eigenvalue weighted by Gasteiger charge is -2.11. The first-order valence-corrected chi connectivity index (χ1v) is 6.65. The summed E-state index contributed by atoms with van der Waals surface area (Å²) in [6.07, 6.45) is 0. The molecular formula is C16H18ClN. The number of hydrogen-bond acceptors (Lipinski definition) is 1. The van der Waals surface area contributed by atoms with Crippen LogP contribution in [0, 0.1) is 6.92 Å². The molecule has 18 heavy (non-hydrogen) atoms. The second-order valence-corrected chi connectivity index (χ2v) is 4.82. The zero-order valence-electron chi connectivity index (χ0n) is 10.8. The fraction of sp³-hybridized carbons (Fsp3) is 0.250. The quantitative estimate of drug-likeness (QED) is 0.857. The predicted octanol–water partition coefficient (Wildman–Crippen LogP) is 4.42. The van der Waals surface area contributed by atoms with Gasteiger partial charge in [0.25, 0.3) is 0 Å². The fourth-order valence-electron chi connectivity index (χ4n) is 2.02. The van der Waals surface area contributed by atoms with Crippen molar-refractivity contribution >= 4 is 11.6 Å². The summed E-state index contributed by atoms with van der Waals surface area (Å²) in [6, 6.07) is 14.5. The van der Waals surface area contributed by atoms with Crippen LogP contribution in [0.15, 0.2) is 42.5 Å². The molecule has 1 N–H and O–H groups in total. The number of halogens is 1. The third kappa shape index (κ3) is 2.92. The second-order valence-electron chi connectivity index (χ2n) is 4.41. The molecule has 0 saturated carbocycles. The third-order valence-electron chi connectivity index (χ3n) is 3.05. The van der Waals surface area contributed by atoms with Gasteiger partial charge in [0.15, 0.2) is 0 Å². The van der Waals surface area contributed by atoms with Crippen molar-refractivity contribution in [2.75, 3.05) is 6.54 Å². The van der Waals surface area contributed by atoms with Gasteiger partial charge in [0.1, 0.15) is 0 Å². The molecular weight excluding hydrogens is 242 g/mol. The molecule has 0 amide bonds. The first-order valence-electron chi connectivity index (χ1n) is 6.27. The summed E-state index contributed by atoms with van der Waals surface area (Å²) in [5.74, 6) is 0. The van der Waals surface area contributed by atoms with Gasteiger partial charge in [-0.05, 0) is 42.3 Å². The van der Waals surface area contributed by atoms with Crippen LogP contribution in [0.5, 0.6) is 0 Å². The van der Waals surface area contributed by atoms with E-state index in [9.17, 15) is 0 Å². The van der Waals surface area contributed by atoms with Crippen molar-refractivity contribution in [2.24, 2.45) is 0 Å². The Bertz CT molecular complexity index is 534. The van der Waals surface area contributed by atoms with Crippen molar-refractivity contribution in [3.63, 3.8) is 0 Å². The van der Waals surface area contributed by atoms with Crippen LogP contribution in [0.2, 0.25) is 5.02 Å². The molecule has 94 valence electrons. The Kier molecular flexibility index (Phi) is 4.40. The summed E-state index contributed by atoms with van der Waals surface area (Å²) in [4.78, 5) is 0. The van der Waals surface area contributed by atoms with Gasteiger partial charge in [0, 0.05) is 17.1 Å². The molecule has 0 aromatic heterocycles. The average molecular weight is 260 g/mol. The summed E-state index contributed by atoms with van der Waals surface area (Å²) in [7, 11) is 0. The third-order valence-corrected chi connectivity index (χ3v) is 3.37. The van der Waals surface area contributed by atoms with Crippen molar-refractivity contribution in [2.45, 2.75) is 20.4 Å². The number of aryl methyl sites for hydroxylation is 1. The van der Waals surface area contributed by atoms with Crippen LogP contribution in [-0.4, -0.2) is 6.54 Å². The molecule has 0 unspecified atom stereocenters. The highest BCUT2D eigenvalue weighted by Crippen LogP contribution is 2.30. The summed E-state index contributed by atoms with van der Waals surface area (Å²) < 4.78 is 0. The van der Waals surface area contributed by atoms with Crippen LogP contribution < -0.4 is 5.32 Å². The second kappa shape index (κ2) is 6.03. The summed E-state index contributed by atoms with van der Waals surface area (Å²) in [6.45, 7) is 6.11. The minimum atomic E-state index is 0.807. The van der Waals surface area contributed by atoms with Gasteiger partial charge in [-0.1, -0.05) is 48.9 Å². The van der Waals surface area contributed by atoms with E-state index in [2.05, 4.69) is 43.4 Å². The fourth-order valence-corrected chi connectivity index (χ4v) is 2.26. The largest absolute Gasteiger partial charge is 0.313 e. The molecule has 0 atom stereocenters. The Morgan fingerprint density at radius 1 is 1.06 bits per heavy atom. The van der Waals surface area contributed by atoms with Gasteiger partial charge in [0.2, 0.25) is 0 Å². The normalized spacial score (nSPS) is 10.6. The summed E-state index contributed by atoms with van der Waals surface area (Å²) in [5, 5.41) is 4.15. The number of hydrogen-bond donors (Lipinski definition) is 1. The van der Waals surface area contributed by atoms with E-state index in [-0.39, 0.29) is 0 Å². The van der Waals surface area contributed by atoms with E-state index in [1.54, 1.807) is 0 Å². The maximum Gasteiger partial charge on any atom is 0.0484 e. The van der Waals surface area contributed by atoms with Gasteiger partial charge < -0.3 is 5.32 Å². The molecule has 2 heteroatoms. The molecule has 2 rings (SSSR count). The van der Waals surface area contributed by atoms with Crippen LogP contribution in [-0.2, 0) is 6.54 Å². The Labute approximate surface area is 114 Å². The Morgan fingerprint density at radius 3 is 2.56 bits per heavy atom. The minimum absolute atomic E-state index is 0.807. The van der Waals surface area contributed by atoms with Crippen LogP contribution in [0.1, 0.15) is 18.1 Å². The molecule has 0 bridgehead atoms. The molecule has 2 aromatic carbocycles. The monoisotopic (exact) mass is 259 g/mol. The molecule has 0 heterocycles. The lowest BCUT2D eigenvalue weighted by atomic mass is 9.98. The standard InChI is InChI=1S/C16H18ClN/c1-3-18-11-13-9-8-12(2)15(10-13)14-6-4-5-7-16(14)17/h4-10,18H,3,11H2,1-2H3. The number of rotatable bonds is 4. The van der Waals surface area contributed by atoms with Gasteiger partial charge in [-0.3, -0.25) is 0 Å². The smallest absolute Gasteiger partial charge is 0.0484 e. The molecule has 2 aromatic rings. The van der Waals surface area contributed by atoms with Crippen LogP contribution >= 0.6 is 11.6 Å². The van der Waals surface area contributed by atoms with Crippen molar-refractivity contribution in [3.05, 3.63) is 58.6 Å². The summed E-state index contributed by atoms with van der Waals surface area (Å²) in [5.41, 5.74) is 4.87. The summed E-state index contributed by atoms with van der Waals surface area (Å²) >= 11 is 6.27. The highest BCUT2D eigenvalue weighted by molar-refractivity contribution is 6.33. The van der Waals surface area contributed by atoms with Gasteiger partial charge in [-0.2, -0.15) is 0 Å². The van der Waals surface area contributed by atoms with Crippen LogP contribution in [0.4, 0.5) is 0 Å². The lowest BCUT2D eigenvalue weighted by molar-refractivity contribution is 0.727. The Hall–Kier alpha value is -1.31. The molecule has 0 fully saturated rings. The van der Waals surface area contributed by atoms with E-state index in [4.69, 9.17) is 11.6 Å². The van der Waals surface area contributed by atoms with Crippen LogP contribution in [0.25, 0.3) is 11.1 Å². The van der Waals surface area contributed by atoms with Crippen LogP contribution in [0.3, 0.4) is 0 Å². The van der Waals surface area contributed by atoms with E-state index < -0.39 is 0 Å². The van der Waals surface area contributed by atoms with E-state index in [1.807, 2.05) is 18.2 Å². The van der Waals surface area contributed by atoms with Crippen molar-refractivity contribution in [1.29, 1.82) is 0 Å². The maximum atomic E-state index is 6.27. The zero-order valence-corrected chi connectivity index (χ0v) is 11.6. The van der Waals surface area contributed by atoms with Crippen molar-refractivity contribution < 1.29 is 0 Å². The molecule has 0 radical (unpaired) electrons. The molecule has 0 aliphatic heterocycles. The molecule has 0 aliphatic carbocycles. The first-order chi connectivity index (χ1) is 8.72. The molecule has 0 aliphatic rings. The van der Waals surface area contributed by atoms with Crippen molar-refractivity contribution in [3.8, 4) is 11.1 Å². The van der Waals surface area contributed by atoms with Gasteiger partial charge in [0.05, 0.1) is 0 Å². The highest BCUT2D eigenvalue weighted by atomic mass is 35.5. The minimum Gasteiger partial charge on any atom is -0.313 e. The Morgan fingerprint density at radius 2 is 1.83 bits per heavy atom. The van der Waals surface area contributed by atoms with Gasteiger partial charge >= 0.3 is 0 Å². The predicted molar refractivity (Wildman–Crippen MR) is 79.0 cm³/mol. The Balaban J connectivity index is 2.40. The highest BCUT2D eigenvalue weighted by Gasteiger charge is 2.06. The van der Waals surface area contributed by atoms with E-state index >= 15 is 0 Å². The van der Waals surface area contributed by atoms with Crippen molar-refractivity contribution in [1.82, 2.24) is 5.32 Å². The molecule has 0 spiro atoms.